The first-order valence-electron chi connectivity index (χ1n) is 3.90. The summed E-state index contributed by atoms with van der Waals surface area (Å²) in [7, 11) is 0. The number of nitrogens with two attached hydrogens (primary N) is 1. The topological polar surface area (TPSA) is 92.8 Å². The zero-order valence-corrected chi connectivity index (χ0v) is 6.64. The van der Waals surface area contributed by atoms with Gasteiger partial charge in [-0.3, -0.25) is 0 Å². The molecule has 0 unspecified atom stereocenters. The Morgan fingerprint density at radius 1 is 1.67 bits per heavy atom. The average molecular weight is 175 g/mol. The van der Waals surface area contributed by atoms with Gasteiger partial charge in [0.1, 0.15) is 0 Å². The molecular formula is C7H13NO4. The van der Waals surface area contributed by atoms with Crippen molar-refractivity contribution in [2.24, 2.45) is 5.73 Å². The molecule has 4 N–H and O–H groups in total. The van der Waals surface area contributed by atoms with Gasteiger partial charge in [0.05, 0.1) is 18.8 Å². The quantitative estimate of drug-likeness (QED) is 0.508. The van der Waals surface area contributed by atoms with Crippen molar-refractivity contribution < 1.29 is 19.7 Å². The fourth-order valence-electron chi connectivity index (χ4n) is 1.28. The number of carbonyl (C=O) groups is 1. The van der Waals surface area contributed by atoms with E-state index in [-0.39, 0.29) is 12.7 Å². The minimum absolute atomic E-state index is 0.170. The molecule has 1 fully saturated rings. The first kappa shape index (κ1) is 9.44. The number of hydrogen-bond acceptors (Lipinski definition) is 4. The van der Waals surface area contributed by atoms with E-state index in [1.807, 2.05) is 0 Å². The number of hydrogen-bond donors (Lipinski definition) is 3. The van der Waals surface area contributed by atoms with Crippen molar-refractivity contribution in [3.63, 3.8) is 0 Å². The molecule has 1 saturated heterocycles. The summed E-state index contributed by atoms with van der Waals surface area (Å²) in [6.45, 7) is -0.170. The summed E-state index contributed by atoms with van der Waals surface area (Å²) in [6, 6.07) is -0.464. The van der Waals surface area contributed by atoms with Gasteiger partial charge in [0.15, 0.2) is 6.10 Å². The monoisotopic (exact) mass is 175 g/mol. The molecule has 3 atom stereocenters. The number of rotatable bonds is 3. The molecule has 1 aliphatic rings. The Balaban J connectivity index is 2.40. The molecule has 0 bridgehead atoms. The third kappa shape index (κ3) is 1.94. The number of aliphatic hydroxyl groups is 1. The largest absolute Gasteiger partial charge is 0.479 e. The lowest BCUT2D eigenvalue weighted by atomic mass is 10.1. The van der Waals surface area contributed by atoms with Crippen LogP contribution in [-0.2, 0) is 9.53 Å². The fraction of sp³-hybridized carbons (Fsp3) is 0.857. The van der Waals surface area contributed by atoms with Crippen LogP contribution in [0, 0.1) is 0 Å². The highest BCUT2D eigenvalue weighted by Gasteiger charge is 2.33. The summed E-state index contributed by atoms with van der Waals surface area (Å²) in [6.07, 6.45) is 0.0375. The van der Waals surface area contributed by atoms with E-state index in [2.05, 4.69) is 0 Å². The van der Waals surface area contributed by atoms with Crippen molar-refractivity contribution in [3.05, 3.63) is 0 Å². The minimum atomic E-state index is -0.956. The molecule has 0 saturated carbocycles. The molecule has 1 aliphatic heterocycles. The lowest BCUT2D eigenvalue weighted by Gasteiger charge is -2.16. The molecule has 1 rings (SSSR count). The maximum absolute atomic E-state index is 10.4. The van der Waals surface area contributed by atoms with Crippen molar-refractivity contribution in [3.8, 4) is 0 Å². The van der Waals surface area contributed by atoms with Crippen molar-refractivity contribution >= 4 is 5.97 Å². The molecule has 0 aromatic carbocycles. The molecule has 12 heavy (non-hydrogen) atoms. The molecule has 5 nitrogen and oxygen atoms in total. The van der Waals surface area contributed by atoms with E-state index >= 15 is 0 Å². The summed E-state index contributed by atoms with van der Waals surface area (Å²) < 4.78 is 5.09. The van der Waals surface area contributed by atoms with E-state index in [0.29, 0.717) is 12.8 Å². The van der Waals surface area contributed by atoms with Gasteiger partial charge >= 0.3 is 5.97 Å². The normalized spacial score (nSPS) is 31.8. The number of aliphatic hydroxyl groups excluding tert-OH is 1. The predicted molar refractivity (Wildman–Crippen MR) is 40.6 cm³/mol. The van der Waals surface area contributed by atoms with E-state index in [1.165, 1.54) is 0 Å². The Kier molecular flexibility index (Phi) is 3.02. The second-order valence-corrected chi connectivity index (χ2v) is 2.93. The first-order chi connectivity index (χ1) is 5.65. The lowest BCUT2D eigenvalue weighted by molar-refractivity contribution is -0.150. The van der Waals surface area contributed by atoms with E-state index in [9.17, 15) is 4.79 Å². The van der Waals surface area contributed by atoms with Gasteiger partial charge in [-0.05, 0) is 12.8 Å². The van der Waals surface area contributed by atoms with Gasteiger partial charge in [0.25, 0.3) is 0 Å². The molecule has 0 amide bonds. The maximum atomic E-state index is 10.4. The van der Waals surface area contributed by atoms with Crippen LogP contribution in [0.5, 0.6) is 0 Å². The Hall–Kier alpha value is -0.650. The minimum Gasteiger partial charge on any atom is -0.479 e. The van der Waals surface area contributed by atoms with Crippen LogP contribution in [0.3, 0.4) is 0 Å². The van der Waals surface area contributed by atoms with Crippen LogP contribution >= 0.6 is 0 Å². The van der Waals surface area contributed by atoms with Crippen molar-refractivity contribution in [1.82, 2.24) is 0 Å². The highest BCUT2D eigenvalue weighted by Crippen LogP contribution is 2.21. The molecule has 0 aromatic rings. The fourth-order valence-corrected chi connectivity index (χ4v) is 1.28. The summed E-state index contributed by atoms with van der Waals surface area (Å²) in [5, 5.41) is 17.2. The SMILES string of the molecule is N[C@@H](CO)[C@H]1CC[C@H](C(=O)O)O1. The Bertz CT molecular complexity index is 173. The van der Waals surface area contributed by atoms with Gasteiger partial charge in [-0.25, -0.2) is 4.79 Å². The summed E-state index contributed by atoms with van der Waals surface area (Å²) in [5.41, 5.74) is 5.47. The van der Waals surface area contributed by atoms with E-state index < -0.39 is 18.1 Å². The summed E-state index contributed by atoms with van der Waals surface area (Å²) in [4.78, 5) is 10.4. The van der Waals surface area contributed by atoms with E-state index in [0.717, 1.165) is 0 Å². The van der Waals surface area contributed by atoms with Crippen molar-refractivity contribution in [1.29, 1.82) is 0 Å². The maximum Gasteiger partial charge on any atom is 0.332 e. The second-order valence-electron chi connectivity index (χ2n) is 2.93. The first-order valence-corrected chi connectivity index (χ1v) is 3.90. The van der Waals surface area contributed by atoms with Gasteiger partial charge in [-0.15, -0.1) is 0 Å². The smallest absolute Gasteiger partial charge is 0.332 e. The highest BCUT2D eigenvalue weighted by atomic mass is 16.5. The van der Waals surface area contributed by atoms with Gasteiger partial charge in [0.2, 0.25) is 0 Å². The number of carboxylic acid groups (broad SMARTS) is 1. The number of carboxylic acids is 1. The molecule has 0 spiro atoms. The highest BCUT2D eigenvalue weighted by molar-refractivity contribution is 5.72. The standard InChI is InChI=1S/C7H13NO4/c8-4(3-9)5-1-2-6(12-5)7(10)11/h4-6,9H,1-3,8H2,(H,10,11)/t4-,5+,6+/m0/s1. The number of ether oxygens (including phenoxy) is 1. The van der Waals surface area contributed by atoms with Gasteiger partial charge < -0.3 is 20.7 Å². The summed E-state index contributed by atoms with van der Waals surface area (Å²) in [5.74, 6) is -0.956. The lowest BCUT2D eigenvalue weighted by Crippen LogP contribution is -2.38. The van der Waals surface area contributed by atoms with Crippen LogP contribution in [0.25, 0.3) is 0 Å². The predicted octanol–water partition coefficient (Wildman–Crippen LogP) is -1.06. The van der Waals surface area contributed by atoms with Crippen LogP contribution in [0.15, 0.2) is 0 Å². The molecule has 0 radical (unpaired) electrons. The molecule has 70 valence electrons. The molecular weight excluding hydrogens is 162 g/mol. The van der Waals surface area contributed by atoms with Crippen LogP contribution in [0.2, 0.25) is 0 Å². The number of aliphatic carboxylic acids is 1. The summed E-state index contributed by atoms with van der Waals surface area (Å²) >= 11 is 0. The zero-order valence-electron chi connectivity index (χ0n) is 6.64. The third-order valence-corrected chi connectivity index (χ3v) is 2.02. The molecule has 0 aromatic heterocycles. The second kappa shape index (κ2) is 3.84. The zero-order chi connectivity index (χ0) is 9.14. The van der Waals surface area contributed by atoms with Crippen LogP contribution in [0.1, 0.15) is 12.8 Å². The van der Waals surface area contributed by atoms with Gasteiger partial charge in [0, 0.05) is 0 Å². The van der Waals surface area contributed by atoms with Gasteiger partial charge in [-0.2, -0.15) is 0 Å². The van der Waals surface area contributed by atoms with E-state index in [1.54, 1.807) is 0 Å². The Labute approximate surface area is 70.1 Å². The Morgan fingerprint density at radius 3 is 2.75 bits per heavy atom. The molecule has 1 heterocycles. The molecule has 5 heteroatoms. The van der Waals surface area contributed by atoms with Crippen molar-refractivity contribution in [2.45, 2.75) is 31.1 Å². The van der Waals surface area contributed by atoms with Crippen molar-refractivity contribution in [2.75, 3.05) is 6.61 Å². The van der Waals surface area contributed by atoms with Crippen LogP contribution in [-0.4, -0.2) is 41.0 Å². The third-order valence-electron chi connectivity index (χ3n) is 2.02. The van der Waals surface area contributed by atoms with E-state index in [4.69, 9.17) is 20.7 Å². The Morgan fingerprint density at radius 2 is 2.33 bits per heavy atom. The van der Waals surface area contributed by atoms with Crippen LogP contribution < -0.4 is 5.73 Å². The van der Waals surface area contributed by atoms with Crippen LogP contribution in [0.4, 0.5) is 0 Å². The van der Waals surface area contributed by atoms with Gasteiger partial charge in [-0.1, -0.05) is 0 Å². The molecule has 0 aliphatic carbocycles. The average Bonchev–Trinajstić information content (AvgIpc) is 2.51.